The summed E-state index contributed by atoms with van der Waals surface area (Å²) >= 11 is 1.55. The van der Waals surface area contributed by atoms with Crippen molar-refractivity contribution in [2.24, 2.45) is 0 Å². The van der Waals surface area contributed by atoms with Crippen LogP contribution in [0.5, 0.6) is 17.2 Å². The summed E-state index contributed by atoms with van der Waals surface area (Å²) in [5, 5.41) is 0. The topological polar surface area (TPSA) is 84.0 Å². The Morgan fingerprint density at radius 1 is 0.714 bits per heavy atom. The largest absolute Gasteiger partial charge is 0.490 e. The molecule has 4 aromatic rings. The van der Waals surface area contributed by atoms with Crippen LogP contribution in [-0.4, -0.2) is 48.7 Å². The molecule has 7 nitrogen and oxygen atoms in total. The number of pyridine rings is 1. The molecule has 218 valence electrons. The van der Waals surface area contributed by atoms with E-state index in [0.717, 1.165) is 39.6 Å². The zero-order valence-electron chi connectivity index (χ0n) is 23.7. The number of nitrogens with zero attached hydrogens (tertiary/aromatic N) is 1. The molecule has 0 saturated heterocycles. The first-order valence-corrected chi connectivity index (χ1v) is 15.0. The second-order valence-corrected chi connectivity index (χ2v) is 10.4. The summed E-state index contributed by atoms with van der Waals surface area (Å²) in [6, 6.07) is 29.2. The molecule has 1 aromatic heterocycles. The highest BCUT2D eigenvalue weighted by Gasteiger charge is 2.06. The summed E-state index contributed by atoms with van der Waals surface area (Å²) in [5.41, 5.74) is 4.03. The van der Waals surface area contributed by atoms with Crippen LogP contribution in [-0.2, 0) is 31.4 Å². The molecule has 8 heteroatoms. The lowest BCUT2D eigenvalue weighted by atomic mass is 10.1. The first-order valence-electron chi connectivity index (χ1n) is 13.9. The third kappa shape index (κ3) is 10.8. The van der Waals surface area contributed by atoms with Crippen LogP contribution in [0.1, 0.15) is 24.5 Å². The van der Waals surface area contributed by atoms with E-state index in [2.05, 4.69) is 4.98 Å². The number of ketones is 2. The van der Waals surface area contributed by atoms with Crippen molar-refractivity contribution in [2.75, 3.05) is 32.2 Å². The van der Waals surface area contributed by atoms with Crippen LogP contribution in [0, 0.1) is 0 Å². The SMILES string of the molecule is CCC(=O)COCc1ccc(Oc2ccc(CSCC(=O)COCCOc3ccc(-c4ccccc4)nc3)cc2)cc1. The molecule has 42 heavy (non-hydrogen) atoms. The first kappa shape index (κ1) is 31.0. The Kier molecular flexibility index (Phi) is 12.6. The van der Waals surface area contributed by atoms with Gasteiger partial charge in [0.2, 0.25) is 0 Å². The minimum Gasteiger partial charge on any atom is -0.490 e. The Hall–Kier alpha value is -3.98. The fourth-order valence-electron chi connectivity index (χ4n) is 3.80. The maximum atomic E-state index is 12.2. The van der Waals surface area contributed by atoms with Crippen LogP contribution in [0.25, 0.3) is 11.3 Å². The van der Waals surface area contributed by atoms with E-state index in [1.807, 2.05) is 97.9 Å². The zero-order chi connectivity index (χ0) is 29.4. The van der Waals surface area contributed by atoms with Crippen molar-refractivity contribution >= 4 is 23.3 Å². The standard InChI is InChI=1S/C34H35NO6S/c1-2-29(36)22-39-21-26-8-12-31(13-9-26)41-32-14-10-27(11-15-32)24-42-25-30(37)23-38-18-19-40-33-16-17-34(35-20-33)28-6-4-3-5-7-28/h3-17,20H,2,18-19,21-25H2,1H3. The van der Waals surface area contributed by atoms with Crippen LogP contribution in [0.3, 0.4) is 0 Å². The Morgan fingerprint density at radius 3 is 2.05 bits per heavy atom. The van der Waals surface area contributed by atoms with Gasteiger partial charge in [-0.25, -0.2) is 0 Å². The van der Waals surface area contributed by atoms with Crippen molar-refractivity contribution in [2.45, 2.75) is 25.7 Å². The predicted molar refractivity (Wildman–Crippen MR) is 165 cm³/mol. The van der Waals surface area contributed by atoms with E-state index in [-0.39, 0.29) is 24.8 Å². The van der Waals surface area contributed by atoms with Gasteiger partial charge in [0.05, 0.1) is 30.9 Å². The second-order valence-electron chi connectivity index (χ2n) is 9.45. The van der Waals surface area contributed by atoms with Crippen LogP contribution < -0.4 is 9.47 Å². The number of hydrogen-bond acceptors (Lipinski definition) is 8. The van der Waals surface area contributed by atoms with Crippen molar-refractivity contribution < 1.29 is 28.5 Å². The van der Waals surface area contributed by atoms with Gasteiger partial charge in [-0.1, -0.05) is 61.5 Å². The fraction of sp³-hybridized carbons (Fsp3) is 0.265. The molecule has 0 bridgehead atoms. The normalized spacial score (nSPS) is 10.8. The average Bonchev–Trinajstić information content (AvgIpc) is 3.03. The molecule has 4 rings (SSSR count). The third-order valence-corrected chi connectivity index (χ3v) is 7.17. The van der Waals surface area contributed by atoms with Gasteiger partial charge in [-0.15, -0.1) is 11.8 Å². The van der Waals surface area contributed by atoms with Gasteiger partial charge in [-0.05, 0) is 47.5 Å². The third-order valence-electron chi connectivity index (χ3n) is 6.11. The minimum absolute atomic E-state index is 0.0413. The smallest absolute Gasteiger partial charge is 0.168 e. The van der Waals surface area contributed by atoms with Crippen molar-refractivity contribution in [3.05, 3.63) is 108 Å². The molecule has 0 N–H and O–H groups in total. The number of hydrogen-bond donors (Lipinski definition) is 0. The number of rotatable bonds is 18. The number of carbonyl (C=O) groups is 2. The van der Waals surface area contributed by atoms with Crippen LogP contribution >= 0.6 is 11.8 Å². The van der Waals surface area contributed by atoms with Gasteiger partial charge >= 0.3 is 0 Å². The summed E-state index contributed by atoms with van der Waals surface area (Å²) in [5.74, 6) is 3.35. The van der Waals surface area contributed by atoms with Gasteiger partial charge in [0, 0.05) is 17.7 Å². The summed E-state index contributed by atoms with van der Waals surface area (Å²) in [6.07, 6.45) is 2.18. The molecule has 0 amide bonds. The number of Topliss-reactive ketones (excluding diaryl/α,β-unsaturated/α-hetero) is 2. The molecule has 0 saturated carbocycles. The molecule has 0 unspecified atom stereocenters. The Labute approximate surface area is 251 Å². The molecular weight excluding hydrogens is 550 g/mol. The van der Waals surface area contributed by atoms with E-state index in [4.69, 9.17) is 18.9 Å². The van der Waals surface area contributed by atoms with Gasteiger partial charge in [0.25, 0.3) is 0 Å². The van der Waals surface area contributed by atoms with E-state index in [1.54, 1.807) is 18.0 Å². The molecule has 3 aromatic carbocycles. The number of thioether (sulfide) groups is 1. The summed E-state index contributed by atoms with van der Waals surface area (Å²) in [6.45, 7) is 3.10. The van der Waals surface area contributed by atoms with Crippen LogP contribution in [0.2, 0.25) is 0 Å². The van der Waals surface area contributed by atoms with E-state index in [1.165, 1.54) is 0 Å². The zero-order valence-corrected chi connectivity index (χ0v) is 24.5. The summed E-state index contributed by atoms with van der Waals surface area (Å²) in [7, 11) is 0. The van der Waals surface area contributed by atoms with Crippen molar-refractivity contribution in [1.29, 1.82) is 0 Å². The Balaban J connectivity index is 1.06. The Bertz CT molecular complexity index is 1380. The second kappa shape index (κ2) is 17.1. The molecule has 0 aliphatic rings. The molecule has 1 heterocycles. The molecule has 0 atom stereocenters. The molecule has 0 radical (unpaired) electrons. The highest BCUT2D eigenvalue weighted by atomic mass is 32.2. The predicted octanol–water partition coefficient (Wildman–Crippen LogP) is 6.93. The maximum Gasteiger partial charge on any atom is 0.168 e. The van der Waals surface area contributed by atoms with E-state index >= 15 is 0 Å². The maximum absolute atomic E-state index is 12.2. The van der Waals surface area contributed by atoms with Crippen LogP contribution in [0.4, 0.5) is 0 Å². The monoisotopic (exact) mass is 585 g/mol. The Morgan fingerprint density at radius 2 is 1.38 bits per heavy atom. The number of ether oxygens (including phenoxy) is 4. The van der Waals surface area contributed by atoms with Crippen molar-refractivity contribution in [3.63, 3.8) is 0 Å². The van der Waals surface area contributed by atoms with Gasteiger partial charge < -0.3 is 18.9 Å². The van der Waals surface area contributed by atoms with E-state index in [0.29, 0.717) is 37.7 Å². The molecule has 0 aliphatic heterocycles. The number of aromatic nitrogens is 1. The minimum atomic E-state index is 0.0413. The van der Waals surface area contributed by atoms with Gasteiger partial charge in [0.15, 0.2) is 11.6 Å². The molecular formula is C34H35NO6S. The van der Waals surface area contributed by atoms with Gasteiger partial charge in [0.1, 0.15) is 37.1 Å². The first-order chi connectivity index (χ1) is 20.6. The quantitative estimate of drug-likeness (QED) is 0.116. The lowest BCUT2D eigenvalue weighted by Crippen LogP contribution is -2.15. The summed E-state index contributed by atoms with van der Waals surface area (Å²) < 4.78 is 22.5. The molecule has 0 fully saturated rings. The van der Waals surface area contributed by atoms with Crippen molar-refractivity contribution in [1.82, 2.24) is 4.98 Å². The average molecular weight is 586 g/mol. The van der Waals surface area contributed by atoms with Gasteiger partial charge in [-0.3, -0.25) is 14.6 Å². The number of benzene rings is 3. The number of carbonyl (C=O) groups excluding carboxylic acids is 2. The van der Waals surface area contributed by atoms with E-state index in [9.17, 15) is 9.59 Å². The lowest BCUT2D eigenvalue weighted by Gasteiger charge is -2.09. The van der Waals surface area contributed by atoms with Gasteiger partial charge in [-0.2, -0.15) is 0 Å². The summed E-state index contributed by atoms with van der Waals surface area (Å²) in [4.78, 5) is 27.9. The molecule has 0 spiro atoms. The molecule has 0 aliphatic carbocycles. The lowest BCUT2D eigenvalue weighted by molar-refractivity contribution is -0.123. The highest BCUT2D eigenvalue weighted by Crippen LogP contribution is 2.24. The highest BCUT2D eigenvalue weighted by molar-refractivity contribution is 7.99. The van der Waals surface area contributed by atoms with E-state index < -0.39 is 0 Å². The van der Waals surface area contributed by atoms with Crippen LogP contribution in [0.15, 0.2) is 97.2 Å². The fourth-order valence-corrected chi connectivity index (χ4v) is 4.64. The van der Waals surface area contributed by atoms with Crippen molar-refractivity contribution in [3.8, 4) is 28.5 Å².